The number of tetrazole rings is 1. The lowest BCUT2D eigenvalue weighted by atomic mass is 10.1. The molecule has 0 amide bonds. The van der Waals surface area contributed by atoms with E-state index in [9.17, 15) is 18.0 Å². The van der Waals surface area contributed by atoms with Gasteiger partial charge in [-0.15, -0.1) is 13.2 Å². The zero-order chi connectivity index (χ0) is 20.5. The van der Waals surface area contributed by atoms with Crippen LogP contribution in [0, 0.1) is 0 Å². The molecule has 2 aromatic carbocycles. The first-order valence-corrected chi connectivity index (χ1v) is 8.36. The second kappa shape index (κ2) is 7.72. The van der Waals surface area contributed by atoms with E-state index in [1.54, 1.807) is 0 Å². The number of nitrogens with zero attached hydrogens (tertiary/aromatic N) is 4. The van der Waals surface area contributed by atoms with Crippen LogP contribution in [0.1, 0.15) is 5.56 Å². The predicted molar refractivity (Wildman–Crippen MR) is 94.1 cm³/mol. The Morgan fingerprint density at radius 2 is 1.86 bits per heavy atom. The molecular formula is C16H11Cl2F3N4O3. The van der Waals surface area contributed by atoms with Gasteiger partial charge in [-0.3, -0.25) is 0 Å². The fourth-order valence-electron chi connectivity index (χ4n) is 2.32. The van der Waals surface area contributed by atoms with Gasteiger partial charge in [0.25, 0.3) is 0 Å². The highest BCUT2D eigenvalue weighted by atomic mass is 35.5. The number of alkyl halides is 3. The lowest BCUT2D eigenvalue weighted by molar-refractivity contribution is -0.275. The maximum Gasteiger partial charge on any atom is 0.573 e. The molecule has 0 N–H and O–H groups in total. The number of hydrogen-bond acceptors (Lipinski definition) is 5. The van der Waals surface area contributed by atoms with Crippen molar-refractivity contribution in [2.24, 2.45) is 7.05 Å². The minimum Gasteiger partial charge on any atom is -0.487 e. The monoisotopic (exact) mass is 434 g/mol. The molecule has 0 unspecified atom stereocenters. The summed E-state index contributed by atoms with van der Waals surface area (Å²) in [6, 6.07) is 8.18. The van der Waals surface area contributed by atoms with Crippen LogP contribution < -0.4 is 15.2 Å². The smallest absolute Gasteiger partial charge is 0.487 e. The zero-order valence-corrected chi connectivity index (χ0v) is 15.6. The standard InChI is InChI=1S/C16H11Cl2F3N4O3/c1-24-15(26)25(23-22-24)12-3-2-4-13(28-16(19,20)21)10(12)8-27-14-7-9(17)5-6-11(14)18/h2-7H,8H2,1H3. The van der Waals surface area contributed by atoms with Crippen molar-refractivity contribution in [1.82, 2.24) is 19.8 Å². The molecule has 148 valence electrons. The summed E-state index contributed by atoms with van der Waals surface area (Å²) in [6.45, 7) is -0.412. The first kappa shape index (κ1) is 20.0. The van der Waals surface area contributed by atoms with Gasteiger partial charge in [0.1, 0.15) is 18.1 Å². The molecule has 1 heterocycles. The van der Waals surface area contributed by atoms with E-state index < -0.39 is 24.4 Å². The van der Waals surface area contributed by atoms with Crippen molar-refractivity contribution in [3.63, 3.8) is 0 Å². The summed E-state index contributed by atoms with van der Waals surface area (Å²) in [4.78, 5) is 12.1. The third kappa shape index (κ3) is 4.39. The molecule has 12 heteroatoms. The molecule has 28 heavy (non-hydrogen) atoms. The fourth-order valence-corrected chi connectivity index (χ4v) is 2.65. The molecule has 0 saturated heterocycles. The SMILES string of the molecule is Cn1nnn(-c2cccc(OC(F)(F)F)c2COc2cc(Cl)ccc2Cl)c1=O. The first-order chi connectivity index (χ1) is 13.2. The Morgan fingerprint density at radius 1 is 1.11 bits per heavy atom. The number of ether oxygens (including phenoxy) is 2. The van der Waals surface area contributed by atoms with Gasteiger partial charge in [-0.05, 0) is 34.7 Å². The van der Waals surface area contributed by atoms with Crippen LogP contribution in [0.4, 0.5) is 13.2 Å². The number of rotatable bonds is 5. The normalized spacial score (nSPS) is 11.5. The average molecular weight is 435 g/mol. The Morgan fingerprint density at radius 3 is 2.50 bits per heavy atom. The molecule has 0 saturated carbocycles. The fraction of sp³-hybridized carbons (Fsp3) is 0.188. The maximum atomic E-state index is 12.8. The summed E-state index contributed by atoms with van der Waals surface area (Å²) in [7, 11) is 1.35. The molecule has 3 rings (SSSR count). The minimum atomic E-state index is -4.95. The Bertz CT molecular complexity index is 1070. The van der Waals surface area contributed by atoms with Crippen LogP contribution in [-0.4, -0.2) is 26.2 Å². The van der Waals surface area contributed by atoms with Gasteiger partial charge in [-0.1, -0.05) is 29.3 Å². The van der Waals surface area contributed by atoms with Gasteiger partial charge < -0.3 is 9.47 Å². The van der Waals surface area contributed by atoms with Crippen molar-refractivity contribution in [3.05, 3.63) is 62.5 Å². The molecule has 0 atom stereocenters. The Labute approximate surface area is 165 Å². The van der Waals surface area contributed by atoms with Gasteiger partial charge in [0.15, 0.2) is 0 Å². The molecule has 0 aliphatic heterocycles. The quantitative estimate of drug-likeness (QED) is 0.611. The molecule has 0 bridgehead atoms. The van der Waals surface area contributed by atoms with E-state index in [1.807, 2.05) is 0 Å². The van der Waals surface area contributed by atoms with E-state index in [2.05, 4.69) is 15.2 Å². The van der Waals surface area contributed by atoms with E-state index in [1.165, 1.54) is 37.4 Å². The highest BCUT2D eigenvalue weighted by Crippen LogP contribution is 2.33. The van der Waals surface area contributed by atoms with Crippen LogP contribution in [0.15, 0.2) is 41.2 Å². The van der Waals surface area contributed by atoms with Gasteiger partial charge in [-0.2, -0.15) is 9.36 Å². The lowest BCUT2D eigenvalue weighted by Gasteiger charge is -2.17. The third-order valence-corrected chi connectivity index (χ3v) is 4.10. The van der Waals surface area contributed by atoms with Crippen molar-refractivity contribution in [1.29, 1.82) is 0 Å². The van der Waals surface area contributed by atoms with Gasteiger partial charge in [0, 0.05) is 18.1 Å². The highest BCUT2D eigenvalue weighted by molar-refractivity contribution is 6.34. The largest absolute Gasteiger partial charge is 0.573 e. The molecule has 3 aromatic rings. The predicted octanol–water partition coefficient (Wildman–Crippen LogP) is 3.75. The molecular weight excluding hydrogens is 424 g/mol. The van der Waals surface area contributed by atoms with Crippen molar-refractivity contribution in [2.45, 2.75) is 13.0 Å². The zero-order valence-electron chi connectivity index (χ0n) is 14.1. The van der Waals surface area contributed by atoms with Crippen LogP contribution in [0.5, 0.6) is 11.5 Å². The summed E-state index contributed by atoms with van der Waals surface area (Å²) in [5.41, 5.74) is -0.734. The Hall–Kier alpha value is -2.72. The van der Waals surface area contributed by atoms with Crippen molar-refractivity contribution < 1.29 is 22.6 Å². The second-order valence-corrected chi connectivity index (χ2v) is 6.31. The average Bonchev–Trinajstić information content (AvgIpc) is 2.94. The minimum absolute atomic E-state index is 0.0120. The van der Waals surface area contributed by atoms with E-state index in [-0.39, 0.29) is 22.0 Å². The van der Waals surface area contributed by atoms with E-state index >= 15 is 0 Å². The molecule has 0 spiro atoms. The van der Waals surface area contributed by atoms with Crippen LogP contribution in [0.2, 0.25) is 10.0 Å². The number of aryl methyl sites for hydroxylation is 1. The molecule has 0 aliphatic rings. The van der Waals surface area contributed by atoms with Gasteiger partial charge in [-0.25, -0.2) is 4.79 Å². The number of benzene rings is 2. The number of aromatic nitrogens is 4. The van der Waals surface area contributed by atoms with Crippen LogP contribution in [-0.2, 0) is 13.7 Å². The first-order valence-electron chi connectivity index (χ1n) is 7.60. The number of halogens is 5. The topological polar surface area (TPSA) is 71.2 Å². The van der Waals surface area contributed by atoms with Crippen LogP contribution in [0.3, 0.4) is 0 Å². The number of hydrogen-bond donors (Lipinski definition) is 0. The van der Waals surface area contributed by atoms with E-state index in [0.29, 0.717) is 5.02 Å². The van der Waals surface area contributed by atoms with E-state index in [4.69, 9.17) is 27.9 Å². The summed E-state index contributed by atoms with van der Waals surface area (Å²) in [5, 5.41) is 7.73. The van der Waals surface area contributed by atoms with Gasteiger partial charge in [0.2, 0.25) is 0 Å². The molecule has 0 aliphatic carbocycles. The molecule has 0 radical (unpaired) electrons. The Kier molecular flexibility index (Phi) is 5.52. The van der Waals surface area contributed by atoms with E-state index in [0.717, 1.165) is 15.4 Å². The summed E-state index contributed by atoms with van der Waals surface area (Å²) in [5.74, 6) is -0.408. The van der Waals surface area contributed by atoms with Crippen LogP contribution >= 0.6 is 23.2 Å². The van der Waals surface area contributed by atoms with Gasteiger partial charge in [0.05, 0.1) is 16.3 Å². The van der Waals surface area contributed by atoms with Crippen molar-refractivity contribution >= 4 is 23.2 Å². The third-order valence-electron chi connectivity index (χ3n) is 3.55. The van der Waals surface area contributed by atoms with Crippen molar-refractivity contribution in [2.75, 3.05) is 0 Å². The maximum absolute atomic E-state index is 12.8. The highest BCUT2D eigenvalue weighted by Gasteiger charge is 2.33. The summed E-state index contributed by atoms with van der Waals surface area (Å²) < 4.78 is 49.8. The molecule has 1 aromatic heterocycles. The second-order valence-electron chi connectivity index (χ2n) is 5.46. The summed E-state index contributed by atoms with van der Waals surface area (Å²) in [6.07, 6.45) is -4.95. The summed E-state index contributed by atoms with van der Waals surface area (Å²) >= 11 is 11.9. The molecule has 0 fully saturated rings. The van der Waals surface area contributed by atoms with Crippen LogP contribution in [0.25, 0.3) is 5.69 Å². The molecule has 7 nitrogen and oxygen atoms in total. The van der Waals surface area contributed by atoms with Crippen molar-refractivity contribution in [3.8, 4) is 17.2 Å². The lowest BCUT2D eigenvalue weighted by Crippen LogP contribution is -2.24. The van der Waals surface area contributed by atoms with Gasteiger partial charge >= 0.3 is 12.1 Å². The Balaban J connectivity index is 2.06.